The van der Waals surface area contributed by atoms with Crippen LogP contribution in [0, 0.1) is 0 Å². The molecule has 2 aromatic rings. The second kappa shape index (κ2) is 7.66. The third-order valence-corrected chi connectivity index (χ3v) is 5.38. The van der Waals surface area contributed by atoms with Crippen molar-refractivity contribution in [3.05, 3.63) is 29.8 Å². The summed E-state index contributed by atoms with van der Waals surface area (Å²) in [4.78, 5) is 13.2. The van der Waals surface area contributed by atoms with Gasteiger partial charge in [-0.2, -0.15) is 0 Å². The van der Waals surface area contributed by atoms with Crippen molar-refractivity contribution in [3.63, 3.8) is 0 Å². The number of aromatic nitrogens is 2. The van der Waals surface area contributed by atoms with Gasteiger partial charge < -0.3 is 0 Å². The summed E-state index contributed by atoms with van der Waals surface area (Å²) in [7, 11) is 0. The topological polar surface area (TPSA) is 54.9 Å². The van der Waals surface area contributed by atoms with E-state index in [1.165, 1.54) is 11.3 Å². The van der Waals surface area contributed by atoms with E-state index in [4.69, 9.17) is 0 Å². The predicted molar refractivity (Wildman–Crippen MR) is 87.1 cm³/mol. The van der Waals surface area contributed by atoms with Crippen LogP contribution in [0.5, 0.6) is 0 Å². The highest BCUT2D eigenvalue weighted by Crippen LogP contribution is 2.27. The highest BCUT2D eigenvalue weighted by molar-refractivity contribution is 8.01. The maximum Gasteiger partial charge on any atom is 0.258 e. The number of hydrogen-bond donors (Lipinski definition) is 1. The largest absolute Gasteiger partial charge is 0.296 e. The molecule has 1 N–H and O–H groups in total. The molecule has 0 atom stereocenters. The van der Waals surface area contributed by atoms with Crippen LogP contribution in [-0.4, -0.2) is 28.1 Å². The Morgan fingerprint density at radius 3 is 2.90 bits per heavy atom. The zero-order chi connectivity index (χ0) is 14.4. The van der Waals surface area contributed by atoms with Gasteiger partial charge in [-0.15, -0.1) is 22.0 Å². The van der Waals surface area contributed by atoms with Crippen molar-refractivity contribution in [3.8, 4) is 0 Å². The predicted octanol–water partition coefficient (Wildman–Crippen LogP) is 4.01. The lowest BCUT2D eigenvalue weighted by Gasteiger charge is -2.05. The van der Waals surface area contributed by atoms with Gasteiger partial charge in [-0.3, -0.25) is 10.1 Å². The van der Waals surface area contributed by atoms with Crippen LogP contribution in [0.25, 0.3) is 0 Å². The zero-order valence-corrected chi connectivity index (χ0v) is 13.7. The first-order chi connectivity index (χ1) is 9.74. The summed E-state index contributed by atoms with van der Waals surface area (Å²) < 4.78 is 0.889. The first-order valence-corrected chi connectivity index (χ1v) is 9.18. The Hall–Kier alpha value is -1.05. The molecule has 0 saturated heterocycles. The molecule has 1 aromatic carbocycles. The number of nitrogens with zero attached hydrogens (tertiary/aromatic N) is 2. The molecule has 7 heteroatoms. The van der Waals surface area contributed by atoms with Crippen LogP contribution in [-0.2, 0) is 0 Å². The summed E-state index contributed by atoms with van der Waals surface area (Å²) in [6, 6.07) is 7.53. The van der Waals surface area contributed by atoms with Crippen LogP contribution < -0.4 is 5.32 Å². The van der Waals surface area contributed by atoms with Gasteiger partial charge in [0, 0.05) is 10.6 Å². The molecule has 0 unspecified atom stereocenters. The molecule has 0 aliphatic heterocycles. The molecule has 0 spiro atoms. The Balaban J connectivity index is 2.05. The van der Waals surface area contributed by atoms with Crippen molar-refractivity contribution < 1.29 is 4.79 Å². The Morgan fingerprint density at radius 2 is 2.15 bits per heavy atom. The molecule has 20 heavy (non-hydrogen) atoms. The minimum Gasteiger partial charge on any atom is -0.296 e. The first kappa shape index (κ1) is 15.3. The summed E-state index contributed by atoms with van der Waals surface area (Å²) in [5, 5.41) is 11.4. The summed E-state index contributed by atoms with van der Waals surface area (Å²) in [6.45, 7) is 2.12. The number of nitrogens with one attached hydrogen (secondary N) is 1. The first-order valence-electron chi connectivity index (χ1n) is 6.15. The Bertz CT molecular complexity index is 586. The van der Waals surface area contributed by atoms with Crippen molar-refractivity contribution in [2.24, 2.45) is 0 Å². The van der Waals surface area contributed by atoms with E-state index in [2.05, 4.69) is 22.4 Å². The minimum absolute atomic E-state index is 0.141. The Kier molecular flexibility index (Phi) is 5.87. The molecule has 1 aromatic heterocycles. The van der Waals surface area contributed by atoms with Crippen LogP contribution in [0.3, 0.4) is 0 Å². The van der Waals surface area contributed by atoms with E-state index in [1.807, 2.05) is 30.5 Å². The lowest BCUT2D eigenvalue weighted by atomic mass is 10.2. The number of hydrogen-bond acceptors (Lipinski definition) is 6. The fourth-order valence-corrected chi connectivity index (χ4v) is 3.77. The van der Waals surface area contributed by atoms with Gasteiger partial charge in [0.1, 0.15) is 0 Å². The standard InChI is InChI=1S/C13H15N3OS3/c1-3-8-19-13-16-15-12(20-13)14-11(17)9-6-4-5-7-10(9)18-2/h4-7H,3,8H2,1-2H3,(H,14,15,17). The van der Waals surface area contributed by atoms with Gasteiger partial charge in [-0.05, 0) is 24.8 Å². The van der Waals surface area contributed by atoms with Crippen LogP contribution in [0.1, 0.15) is 23.7 Å². The van der Waals surface area contributed by atoms with Gasteiger partial charge in [-0.25, -0.2) is 0 Å². The van der Waals surface area contributed by atoms with E-state index in [-0.39, 0.29) is 5.91 Å². The van der Waals surface area contributed by atoms with Crippen LogP contribution in [0.2, 0.25) is 0 Å². The van der Waals surface area contributed by atoms with Crippen molar-refractivity contribution in [1.29, 1.82) is 0 Å². The Labute approximate surface area is 130 Å². The quantitative estimate of drug-likeness (QED) is 0.642. The molecule has 4 nitrogen and oxygen atoms in total. The summed E-state index contributed by atoms with van der Waals surface area (Å²) in [5.74, 6) is 0.871. The number of carbonyl (C=O) groups excluding carboxylic acids is 1. The molecule has 2 rings (SSSR count). The van der Waals surface area contributed by atoms with Crippen molar-refractivity contribution in [2.75, 3.05) is 17.3 Å². The van der Waals surface area contributed by atoms with E-state index in [9.17, 15) is 4.79 Å². The van der Waals surface area contributed by atoms with Gasteiger partial charge in [0.2, 0.25) is 5.13 Å². The molecule has 0 bridgehead atoms. The van der Waals surface area contributed by atoms with Crippen LogP contribution in [0.15, 0.2) is 33.5 Å². The molecule has 1 amide bonds. The van der Waals surface area contributed by atoms with Crippen molar-refractivity contribution >= 4 is 45.9 Å². The molecule has 0 aliphatic carbocycles. The Morgan fingerprint density at radius 1 is 1.35 bits per heavy atom. The van der Waals surface area contributed by atoms with E-state index in [0.29, 0.717) is 10.7 Å². The number of amides is 1. The SMILES string of the molecule is CCCSc1nnc(NC(=O)c2ccccc2SC)s1. The molecule has 0 aliphatic rings. The lowest BCUT2D eigenvalue weighted by Crippen LogP contribution is -2.12. The molecule has 106 valence electrons. The highest BCUT2D eigenvalue weighted by Gasteiger charge is 2.13. The van der Waals surface area contributed by atoms with E-state index in [0.717, 1.165) is 21.4 Å². The number of benzene rings is 1. The van der Waals surface area contributed by atoms with Gasteiger partial charge in [0.25, 0.3) is 5.91 Å². The zero-order valence-electron chi connectivity index (χ0n) is 11.3. The summed E-state index contributed by atoms with van der Waals surface area (Å²) in [6.07, 6.45) is 3.05. The lowest BCUT2D eigenvalue weighted by molar-refractivity contribution is 0.102. The average molecular weight is 325 g/mol. The van der Waals surface area contributed by atoms with Crippen molar-refractivity contribution in [1.82, 2.24) is 10.2 Å². The second-order valence-corrected chi connectivity index (χ2v) is 7.04. The number of carbonyl (C=O) groups is 1. The monoisotopic (exact) mass is 325 g/mol. The third kappa shape index (κ3) is 3.97. The van der Waals surface area contributed by atoms with Gasteiger partial charge >= 0.3 is 0 Å². The maximum absolute atomic E-state index is 12.2. The molecule has 1 heterocycles. The second-order valence-electron chi connectivity index (χ2n) is 3.88. The van der Waals surface area contributed by atoms with E-state index in [1.54, 1.807) is 23.5 Å². The number of rotatable bonds is 6. The fourth-order valence-electron chi connectivity index (χ4n) is 1.50. The number of thioether (sulfide) groups is 2. The number of anilines is 1. The normalized spacial score (nSPS) is 10.5. The minimum atomic E-state index is -0.141. The smallest absolute Gasteiger partial charge is 0.258 e. The van der Waals surface area contributed by atoms with Crippen LogP contribution >= 0.6 is 34.9 Å². The van der Waals surface area contributed by atoms with Gasteiger partial charge in [0.05, 0.1) is 5.56 Å². The third-order valence-electron chi connectivity index (χ3n) is 2.41. The maximum atomic E-state index is 12.2. The molecular formula is C13H15N3OS3. The molecular weight excluding hydrogens is 310 g/mol. The molecule has 0 saturated carbocycles. The molecule has 0 radical (unpaired) electrons. The van der Waals surface area contributed by atoms with E-state index >= 15 is 0 Å². The average Bonchev–Trinajstić information content (AvgIpc) is 2.92. The van der Waals surface area contributed by atoms with Crippen molar-refractivity contribution in [2.45, 2.75) is 22.6 Å². The van der Waals surface area contributed by atoms with Gasteiger partial charge in [0.15, 0.2) is 4.34 Å². The molecule has 0 fully saturated rings. The summed E-state index contributed by atoms with van der Waals surface area (Å²) >= 11 is 4.63. The van der Waals surface area contributed by atoms with Gasteiger partial charge in [-0.1, -0.05) is 42.2 Å². The summed E-state index contributed by atoms with van der Waals surface area (Å²) in [5.41, 5.74) is 0.665. The highest BCUT2D eigenvalue weighted by atomic mass is 32.2. The fraction of sp³-hybridized carbons (Fsp3) is 0.308. The van der Waals surface area contributed by atoms with Crippen LogP contribution in [0.4, 0.5) is 5.13 Å². The van der Waals surface area contributed by atoms with E-state index < -0.39 is 0 Å².